The van der Waals surface area contributed by atoms with Gasteiger partial charge in [0.2, 0.25) is 0 Å². The predicted octanol–water partition coefficient (Wildman–Crippen LogP) is 4.14. The van der Waals surface area contributed by atoms with Crippen LogP contribution in [0.3, 0.4) is 0 Å². The largest absolute Gasteiger partial charge is 0.342 e. The summed E-state index contributed by atoms with van der Waals surface area (Å²) in [7, 11) is 1.81. The molecule has 0 aliphatic rings. The lowest BCUT2D eigenvalue weighted by atomic mass is 10.1. The zero-order chi connectivity index (χ0) is 14.7. The molecule has 0 saturated heterocycles. The minimum absolute atomic E-state index is 0.0580. The summed E-state index contributed by atoms with van der Waals surface area (Å²) in [6, 6.07) is 12.4. The standard InChI is InChI=1S/C16H18ClFN2/c1-11(19)9-12-7-8-13(10-14(12)17)20(2)16-6-4-3-5-15(16)18/h3-8,10-11H,9,19H2,1-2H3. The number of para-hydroxylation sites is 1. The molecule has 2 aromatic rings. The van der Waals surface area contributed by atoms with Gasteiger partial charge in [-0.15, -0.1) is 0 Å². The third-order valence-corrected chi connectivity index (χ3v) is 3.53. The molecule has 0 spiro atoms. The molecule has 0 bridgehead atoms. The zero-order valence-electron chi connectivity index (χ0n) is 11.6. The highest BCUT2D eigenvalue weighted by molar-refractivity contribution is 6.31. The monoisotopic (exact) mass is 292 g/mol. The lowest BCUT2D eigenvalue weighted by molar-refractivity contribution is 0.627. The summed E-state index contributed by atoms with van der Waals surface area (Å²) < 4.78 is 13.8. The van der Waals surface area contributed by atoms with Crippen LogP contribution in [-0.4, -0.2) is 13.1 Å². The maximum Gasteiger partial charge on any atom is 0.146 e. The fourth-order valence-electron chi connectivity index (χ4n) is 2.12. The molecule has 2 nitrogen and oxygen atoms in total. The summed E-state index contributed by atoms with van der Waals surface area (Å²) in [5.41, 5.74) is 8.15. The van der Waals surface area contributed by atoms with Crippen LogP contribution in [-0.2, 0) is 6.42 Å². The van der Waals surface area contributed by atoms with Crippen LogP contribution in [0.4, 0.5) is 15.8 Å². The quantitative estimate of drug-likeness (QED) is 0.918. The number of nitrogens with two attached hydrogens (primary N) is 1. The smallest absolute Gasteiger partial charge is 0.146 e. The van der Waals surface area contributed by atoms with E-state index >= 15 is 0 Å². The Hall–Kier alpha value is -1.58. The van der Waals surface area contributed by atoms with Crippen molar-refractivity contribution in [3.8, 4) is 0 Å². The van der Waals surface area contributed by atoms with Gasteiger partial charge in [-0.05, 0) is 43.2 Å². The van der Waals surface area contributed by atoms with E-state index in [0.29, 0.717) is 10.7 Å². The molecule has 2 aromatic carbocycles. The fourth-order valence-corrected chi connectivity index (χ4v) is 2.37. The molecule has 4 heteroatoms. The number of halogens is 2. The van der Waals surface area contributed by atoms with Crippen molar-refractivity contribution in [2.75, 3.05) is 11.9 Å². The van der Waals surface area contributed by atoms with Crippen LogP contribution in [0.1, 0.15) is 12.5 Å². The van der Waals surface area contributed by atoms with Gasteiger partial charge in [0.05, 0.1) is 5.69 Å². The summed E-state index contributed by atoms with van der Waals surface area (Å²) in [5.74, 6) is -0.259. The van der Waals surface area contributed by atoms with E-state index < -0.39 is 0 Å². The van der Waals surface area contributed by atoms with E-state index in [2.05, 4.69) is 0 Å². The minimum Gasteiger partial charge on any atom is -0.342 e. The van der Waals surface area contributed by atoms with Crippen LogP contribution >= 0.6 is 11.6 Å². The van der Waals surface area contributed by atoms with Gasteiger partial charge in [0.1, 0.15) is 5.82 Å². The van der Waals surface area contributed by atoms with E-state index in [0.717, 1.165) is 17.7 Å². The molecule has 0 heterocycles. The molecule has 2 rings (SSSR count). The first-order valence-corrected chi connectivity index (χ1v) is 6.89. The van der Waals surface area contributed by atoms with Gasteiger partial charge in [-0.25, -0.2) is 4.39 Å². The highest BCUT2D eigenvalue weighted by Crippen LogP contribution is 2.29. The molecule has 0 saturated carbocycles. The second kappa shape index (κ2) is 6.25. The molecular formula is C16H18ClFN2. The Balaban J connectivity index is 2.30. The summed E-state index contributed by atoms with van der Waals surface area (Å²) in [6.07, 6.45) is 0.725. The lowest BCUT2D eigenvalue weighted by Crippen LogP contribution is -2.18. The summed E-state index contributed by atoms with van der Waals surface area (Å²) in [4.78, 5) is 1.77. The number of rotatable bonds is 4. The van der Waals surface area contributed by atoms with Crippen molar-refractivity contribution >= 4 is 23.0 Å². The van der Waals surface area contributed by atoms with E-state index in [1.54, 1.807) is 23.1 Å². The van der Waals surface area contributed by atoms with Crippen molar-refractivity contribution in [3.05, 3.63) is 58.9 Å². The van der Waals surface area contributed by atoms with Gasteiger partial charge >= 0.3 is 0 Å². The molecule has 0 aromatic heterocycles. The first-order chi connectivity index (χ1) is 9.49. The van der Waals surface area contributed by atoms with E-state index in [4.69, 9.17) is 17.3 Å². The topological polar surface area (TPSA) is 29.3 Å². The molecular weight excluding hydrogens is 275 g/mol. The van der Waals surface area contributed by atoms with Gasteiger partial charge in [-0.2, -0.15) is 0 Å². The van der Waals surface area contributed by atoms with Gasteiger partial charge in [0.25, 0.3) is 0 Å². The van der Waals surface area contributed by atoms with Gasteiger partial charge in [0, 0.05) is 23.8 Å². The van der Waals surface area contributed by atoms with Gasteiger partial charge in [0.15, 0.2) is 0 Å². The predicted molar refractivity (Wildman–Crippen MR) is 83.3 cm³/mol. The van der Waals surface area contributed by atoms with Crippen LogP contribution in [0.15, 0.2) is 42.5 Å². The fraction of sp³-hybridized carbons (Fsp3) is 0.250. The van der Waals surface area contributed by atoms with Gasteiger partial charge < -0.3 is 10.6 Å². The van der Waals surface area contributed by atoms with Crippen molar-refractivity contribution in [1.29, 1.82) is 0 Å². The maximum absolute atomic E-state index is 13.8. The third-order valence-electron chi connectivity index (χ3n) is 3.18. The molecule has 0 amide bonds. The van der Waals surface area contributed by atoms with Crippen LogP contribution in [0.2, 0.25) is 5.02 Å². The van der Waals surface area contributed by atoms with Crippen molar-refractivity contribution in [1.82, 2.24) is 0 Å². The van der Waals surface area contributed by atoms with Gasteiger partial charge in [-0.3, -0.25) is 0 Å². The van der Waals surface area contributed by atoms with Crippen LogP contribution in [0.25, 0.3) is 0 Å². The molecule has 0 aliphatic carbocycles. The molecule has 0 fully saturated rings. The lowest BCUT2D eigenvalue weighted by Gasteiger charge is -2.21. The van der Waals surface area contributed by atoms with E-state index in [-0.39, 0.29) is 11.9 Å². The zero-order valence-corrected chi connectivity index (χ0v) is 12.4. The molecule has 0 radical (unpaired) electrons. The third kappa shape index (κ3) is 3.30. The van der Waals surface area contributed by atoms with E-state index in [1.165, 1.54) is 6.07 Å². The Morgan fingerprint density at radius 2 is 1.95 bits per heavy atom. The molecule has 106 valence electrons. The summed E-state index contributed by atoms with van der Waals surface area (Å²) >= 11 is 6.27. The van der Waals surface area contributed by atoms with Crippen LogP contribution in [0, 0.1) is 5.82 Å². The Morgan fingerprint density at radius 1 is 1.25 bits per heavy atom. The molecule has 1 unspecified atom stereocenters. The number of hydrogen-bond acceptors (Lipinski definition) is 2. The SMILES string of the molecule is CC(N)Cc1ccc(N(C)c2ccccc2F)cc1Cl. The van der Waals surface area contributed by atoms with Crippen molar-refractivity contribution in [2.24, 2.45) is 5.73 Å². The minimum atomic E-state index is -0.259. The normalized spacial score (nSPS) is 12.2. The first-order valence-electron chi connectivity index (χ1n) is 6.51. The first kappa shape index (κ1) is 14.8. The maximum atomic E-state index is 13.8. The van der Waals surface area contributed by atoms with Crippen molar-refractivity contribution < 1.29 is 4.39 Å². The van der Waals surface area contributed by atoms with Crippen LogP contribution in [0.5, 0.6) is 0 Å². The Kier molecular flexibility index (Phi) is 4.63. The average molecular weight is 293 g/mol. The number of nitrogens with zero attached hydrogens (tertiary/aromatic N) is 1. The number of benzene rings is 2. The molecule has 0 aliphatic heterocycles. The Labute approximate surface area is 124 Å². The van der Waals surface area contributed by atoms with Crippen molar-refractivity contribution in [3.63, 3.8) is 0 Å². The molecule has 2 N–H and O–H groups in total. The van der Waals surface area contributed by atoms with Crippen LogP contribution < -0.4 is 10.6 Å². The molecule has 20 heavy (non-hydrogen) atoms. The number of anilines is 2. The van der Waals surface area contributed by atoms with E-state index in [9.17, 15) is 4.39 Å². The average Bonchev–Trinajstić information content (AvgIpc) is 2.40. The highest BCUT2D eigenvalue weighted by Gasteiger charge is 2.11. The Morgan fingerprint density at radius 3 is 2.55 bits per heavy atom. The second-order valence-electron chi connectivity index (χ2n) is 4.97. The second-order valence-corrected chi connectivity index (χ2v) is 5.37. The van der Waals surface area contributed by atoms with E-state index in [1.807, 2.05) is 32.2 Å². The van der Waals surface area contributed by atoms with Gasteiger partial charge in [-0.1, -0.05) is 29.8 Å². The Bertz CT molecular complexity index is 599. The highest BCUT2D eigenvalue weighted by atomic mass is 35.5. The number of hydrogen-bond donors (Lipinski definition) is 1. The van der Waals surface area contributed by atoms with Crippen molar-refractivity contribution in [2.45, 2.75) is 19.4 Å². The molecule has 1 atom stereocenters. The summed E-state index contributed by atoms with van der Waals surface area (Å²) in [6.45, 7) is 1.94. The summed E-state index contributed by atoms with van der Waals surface area (Å²) in [5, 5.41) is 0.656.